The van der Waals surface area contributed by atoms with Gasteiger partial charge in [-0.25, -0.2) is 9.18 Å². The molecule has 0 saturated carbocycles. The quantitative estimate of drug-likeness (QED) is 0.794. The van der Waals surface area contributed by atoms with Crippen LogP contribution in [0.3, 0.4) is 0 Å². The van der Waals surface area contributed by atoms with Crippen molar-refractivity contribution in [3.8, 4) is 0 Å². The maximum absolute atomic E-state index is 13.5. The molecule has 0 atom stereocenters. The smallest absolute Gasteiger partial charge is 0.317 e. The van der Waals surface area contributed by atoms with Crippen molar-refractivity contribution in [2.45, 2.75) is 20.4 Å². The lowest BCUT2D eigenvalue weighted by Crippen LogP contribution is -2.34. The molecule has 2 amide bonds. The highest BCUT2D eigenvalue weighted by Crippen LogP contribution is 2.14. The van der Waals surface area contributed by atoms with Gasteiger partial charge in [-0.1, -0.05) is 12.1 Å². The first-order valence-corrected chi connectivity index (χ1v) is 6.57. The second-order valence-corrected chi connectivity index (χ2v) is 4.94. The van der Waals surface area contributed by atoms with Gasteiger partial charge in [-0.05, 0) is 30.5 Å². The van der Waals surface area contributed by atoms with Crippen LogP contribution in [0.25, 0.3) is 0 Å². The molecule has 2 N–H and O–H groups in total. The lowest BCUT2D eigenvalue weighted by atomic mass is 10.1. The molecule has 0 aromatic heterocycles. The van der Waals surface area contributed by atoms with Gasteiger partial charge >= 0.3 is 6.03 Å². The molecule has 0 radical (unpaired) electrons. The van der Waals surface area contributed by atoms with E-state index in [1.807, 2.05) is 12.1 Å². The maximum atomic E-state index is 13.5. The summed E-state index contributed by atoms with van der Waals surface area (Å²) in [6.07, 6.45) is 0. The standard InChI is InChI=1S/C14H20FN3O/c1-10-7-12(8-11(2)13(10)15)9-16-3-5-18-6-4-17-14(18)19/h7-8,16H,3-6,9H2,1-2H3,(H,17,19). The van der Waals surface area contributed by atoms with Crippen LogP contribution in [0.4, 0.5) is 9.18 Å². The highest BCUT2D eigenvalue weighted by atomic mass is 19.1. The molecule has 1 aliphatic heterocycles. The summed E-state index contributed by atoms with van der Waals surface area (Å²) in [5, 5.41) is 6.05. The average Bonchev–Trinajstić information content (AvgIpc) is 2.77. The predicted octanol–water partition coefficient (Wildman–Crippen LogP) is 1.56. The Balaban J connectivity index is 1.78. The molecule has 1 aliphatic rings. The fourth-order valence-corrected chi connectivity index (χ4v) is 2.31. The van der Waals surface area contributed by atoms with Crippen LogP contribution in [0.2, 0.25) is 0 Å². The predicted molar refractivity (Wildman–Crippen MR) is 72.6 cm³/mol. The van der Waals surface area contributed by atoms with Gasteiger partial charge in [-0.15, -0.1) is 0 Å². The third-order valence-corrected chi connectivity index (χ3v) is 3.33. The molecule has 1 aromatic rings. The lowest BCUT2D eigenvalue weighted by molar-refractivity contribution is 0.217. The monoisotopic (exact) mass is 265 g/mol. The van der Waals surface area contributed by atoms with E-state index < -0.39 is 0 Å². The summed E-state index contributed by atoms with van der Waals surface area (Å²) in [5.74, 6) is -0.127. The molecule has 1 heterocycles. The number of carbonyl (C=O) groups is 1. The molecule has 5 heteroatoms. The van der Waals surface area contributed by atoms with E-state index in [0.717, 1.165) is 25.2 Å². The zero-order valence-corrected chi connectivity index (χ0v) is 11.4. The molecule has 104 valence electrons. The number of carbonyl (C=O) groups excluding carboxylic acids is 1. The van der Waals surface area contributed by atoms with E-state index in [0.29, 0.717) is 24.2 Å². The van der Waals surface area contributed by atoms with Crippen LogP contribution in [0.15, 0.2) is 12.1 Å². The van der Waals surface area contributed by atoms with Crippen molar-refractivity contribution in [3.63, 3.8) is 0 Å². The van der Waals surface area contributed by atoms with Crippen LogP contribution in [0, 0.1) is 19.7 Å². The van der Waals surface area contributed by atoms with Gasteiger partial charge < -0.3 is 15.5 Å². The van der Waals surface area contributed by atoms with E-state index in [2.05, 4.69) is 10.6 Å². The van der Waals surface area contributed by atoms with E-state index in [4.69, 9.17) is 0 Å². The van der Waals surface area contributed by atoms with E-state index >= 15 is 0 Å². The van der Waals surface area contributed by atoms with Crippen molar-refractivity contribution in [1.29, 1.82) is 0 Å². The molecule has 4 nitrogen and oxygen atoms in total. The molecule has 1 aromatic carbocycles. The van der Waals surface area contributed by atoms with Crippen molar-refractivity contribution in [1.82, 2.24) is 15.5 Å². The number of hydrogen-bond donors (Lipinski definition) is 2. The minimum atomic E-state index is -0.127. The number of nitrogens with zero attached hydrogens (tertiary/aromatic N) is 1. The first kappa shape index (κ1) is 13.8. The van der Waals surface area contributed by atoms with Gasteiger partial charge in [0.2, 0.25) is 0 Å². The van der Waals surface area contributed by atoms with Crippen LogP contribution < -0.4 is 10.6 Å². The van der Waals surface area contributed by atoms with Gasteiger partial charge in [-0.3, -0.25) is 0 Å². The lowest BCUT2D eigenvalue weighted by Gasteiger charge is -2.14. The van der Waals surface area contributed by atoms with E-state index in [1.165, 1.54) is 0 Å². The van der Waals surface area contributed by atoms with Gasteiger partial charge in [0.05, 0.1) is 0 Å². The number of urea groups is 1. The number of halogens is 1. The van der Waals surface area contributed by atoms with Gasteiger partial charge in [0.25, 0.3) is 0 Å². The van der Waals surface area contributed by atoms with Gasteiger partial charge in [0, 0.05) is 32.7 Å². The zero-order chi connectivity index (χ0) is 13.8. The summed E-state index contributed by atoms with van der Waals surface area (Å²) in [4.78, 5) is 13.1. The fraction of sp³-hybridized carbons (Fsp3) is 0.500. The SMILES string of the molecule is Cc1cc(CNCCN2CCNC2=O)cc(C)c1F. The Labute approximate surface area is 113 Å². The summed E-state index contributed by atoms with van der Waals surface area (Å²) in [6, 6.07) is 3.73. The summed E-state index contributed by atoms with van der Waals surface area (Å²) < 4.78 is 13.5. The maximum Gasteiger partial charge on any atom is 0.317 e. The normalized spacial score (nSPS) is 14.9. The van der Waals surface area contributed by atoms with Gasteiger partial charge in [-0.2, -0.15) is 0 Å². The molecule has 1 saturated heterocycles. The van der Waals surface area contributed by atoms with Crippen LogP contribution in [0.5, 0.6) is 0 Å². The number of amides is 2. The van der Waals surface area contributed by atoms with Gasteiger partial charge in [0.1, 0.15) is 5.82 Å². The number of rotatable bonds is 5. The number of benzene rings is 1. The van der Waals surface area contributed by atoms with Crippen LogP contribution in [0.1, 0.15) is 16.7 Å². The average molecular weight is 265 g/mol. The summed E-state index contributed by atoms with van der Waals surface area (Å²) in [7, 11) is 0. The first-order valence-electron chi connectivity index (χ1n) is 6.57. The second kappa shape index (κ2) is 6.02. The Morgan fingerprint density at radius 2 is 2.05 bits per heavy atom. The summed E-state index contributed by atoms with van der Waals surface area (Å²) in [6.45, 7) is 7.19. The topological polar surface area (TPSA) is 44.4 Å². The van der Waals surface area contributed by atoms with E-state index in [-0.39, 0.29) is 11.8 Å². The number of aryl methyl sites for hydroxylation is 2. The van der Waals surface area contributed by atoms with Crippen molar-refractivity contribution < 1.29 is 9.18 Å². The number of nitrogens with one attached hydrogen (secondary N) is 2. The van der Waals surface area contributed by atoms with Crippen LogP contribution >= 0.6 is 0 Å². The van der Waals surface area contributed by atoms with Crippen molar-refractivity contribution in [2.75, 3.05) is 26.2 Å². The highest BCUT2D eigenvalue weighted by Gasteiger charge is 2.18. The summed E-state index contributed by atoms with van der Waals surface area (Å²) >= 11 is 0. The van der Waals surface area contributed by atoms with Crippen LogP contribution in [-0.4, -0.2) is 37.1 Å². The summed E-state index contributed by atoms with van der Waals surface area (Å²) in [5.41, 5.74) is 2.42. The fourth-order valence-electron chi connectivity index (χ4n) is 2.31. The Morgan fingerprint density at radius 1 is 1.37 bits per heavy atom. The molecule has 0 bridgehead atoms. The third-order valence-electron chi connectivity index (χ3n) is 3.33. The van der Waals surface area contributed by atoms with Crippen molar-refractivity contribution in [3.05, 3.63) is 34.6 Å². The van der Waals surface area contributed by atoms with E-state index in [1.54, 1.807) is 18.7 Å². The number of hydrogen-bond acceptors (Lipinski definition) is 2. The largest absolute Gasteiger partial charge is 0.336 e. The van der Waals surface area contributed by atoms with Crippen LogP contribution in [-0.2, 0) is 6.54 Å². The van der Waals surface area contributed by atoms with Gasteiger partial charge in [0.15, 0.2) is 0 Å². The molecule has 0 spiro atoms. The molecular weight excluding hydrogens is 245 g/mol. The Hall–Kier alpha value is -1.62. The molecule has 1 fully saturated rings. The Bertz CT molecular complexity index is 453. The minimum absolute atomic E-state index is 0.00951. The zero-order valence-electron chi connectivity index (χ0n) is 11.4. The first-order chi connectivity index (χ1) is 9.08. The molecular formula is C14H20FN3O. The van der Waals surface area contributed by atoms with Crippen molar-refractivity contribution >= 4 is 6.03 Å². The minimum Gasteiger partial charge on any atom is -0.336 e. The Morgan fingerprint density at radius 3 is 2.63 bits per heavy atom. The molecule has 0 unspecified atom stereocenters. The molecule has 0 aliphatic carbocycles. The third kappa shape index (κ3) is 3.44. The molecule has 19 heavy (non-hydrogen) atoms. The Kier molecular flexibility index (Phi) is 4.37. The molecule has 2 rings (SSSR count). The highest BCUT2D eigenvalue weighted by molar-refractivity contribution is 5.76. The van der Waals surface area contributed by atoms with Crippen molar-refractivity contribution in [2.24, 2.45) is 0 Å². The second-order valence-electron chi connectivity index (χ2n) is 4.94. The van der Waals surface area contributed by atoms with E-state index in [9.17, 15) is 9.18 Å².